The van der Waals surface area contributed by atoms with Gasteiger partial charge in [-0.1, -0.05) is 36.4 Å². The summed E-state index contributed by atoms with van der Waals surface area (Å²) in [6.07, 6.45) is 5.45. The lowest BCUT2D eigenvalue weighted by Gasteiger charge is -2.37. The van der Waals surface area contributed by atoms with Crippen LogP contribution in [0.3, 0.4) is 0 Å². The second-order valence-corrected chi connectivity index (χ2v) is 10.6. The molecule has 3 aromatic carbocycles. The van der Waals surface area contributed by atoms with Gasteiger partial charge in [-0.25, -0.2) is 4.90 Å². The van der Waals surface area contributed by atoms with E-state index in [4.69, 9.17) is 4.74 Å². The standard InChI is InChI=1S/C31H26N2O4/c1-17-5-2-3-8-26(17)37-21-11-9-19(10-12-21)32-29(34)18-6-4-7-20(15-18)33-30(35)27-22-13-14-23(25-16-24(22)25)28(27)31(33)36/h2-15,22-25,27-28H,16H2,1H3,(H,32,34)/t22-,23-,24-,25-,27-,28+/m1/s1. The van der Waals surface area contributed by atoms with Gasteiger partial charge in [-0.05, 0) is 91.1 Å². The minimum absolute atomic E-state index is 0.124. The van der Waals surface area contributed by atoms with Crippen LogP contribution < -0.4 is 15.0 Å². The van der Waals surface area contributed by atoms with Gasteiger partial charge in [0.1, 0.15) is 11.5 Å². The predicted molar refractivity (Wildman–Crippen MR) is 139 cm³/mol. The van der Waals surface area contributed by atoms with Crippen molar-refractivity contribution in [2.45, 2.75) is 13.3 Å². The number of imide groups is 1. The molecule has 0 radical (unpaired) electrons. The molecule has 1 saturated heterocycles. The summed E-state index contributed by atoms with van der Waals surface area (Å²) in [5.74, 6) is 1.82. The van der Waals surface area contributed by atoms with Crippen molar-refractivity contribution in [1.82, 2.24) is 0 Å². The van der Waals surface area contributed by atoms with Gasteiger partial charge < -0.3 is 10.1 Å². The first-order valence-electron chi connectivity index (χ1n) is 12.8. The minimum atomic E-state index is -0.311. The topological polar surface area (TPSA) is 75.7 Å². The van der Waals surface area contributed by atoms with Gasteiger partial charge in [-0.15, -0.1) is 0 Å². The fourth-order valence-corrected chi connectivity index (χ4v) is 6.61. The molecule has 2 saturated carbocycles. The Labute approximate surface area is 214 Å². The number of nitrogens with zero attached hydrogens (tertiary/aromatic N) is 1. The average Bonchev–Trinajstić information content (AvgIpc) is 3.69. The fraction of sp³-hybridized carbons (Fsp3) is 0.258. The van der Waals surface area contributed by atoms with Crippen LogP contribution in [0, 0.1) is 42.4 Å². The van der Waals surface area contributed by atoms with Crippen LogP contribution in [-0.2, 0) is 9.59 Å². The number of amides is 3. The number of hydrogen-bond donors (Lipinski definition) is 1. The first-order valence-corrected chi connectivity index (χ1v) is 12.8. The first kappa shape index (κ1) is 22.0. The first-order chi connectivity index (χ1) is 18.0. The quantitative estimate of drug-likeness (QED) is 0.373. The van der Waals surface area contributed by atoms with Gasteiger partial charge in [0.25, 0.3) is 5.91 Å². The van der Waals surface area contributed by atoms with E-state index >= 15 is 0 Å². The summed E-state index contributed by atoms with van der Waals surface area (Å²) in [7, 11) is 0. The van der Waals surface area contributed by atoms with E-state index in [0.29, 0.717) is 34.5 Å². The number of rotatable bonds is 5. The number of carbonyl (C=O) groups is 3. The van der Waals surface area contributed by atoms with E-state index in [0.717, 1.165) is 17.7 Å². The third kappa shape index (κ3) is 3.50. The Bertz CT molecular complexity index is 1440. The molecule has 1 aliphatic heterocycles. The van der Waals surface area contributed by atoms with Crippen molar-refractivity contribution in [3.05, 3.63) is 96.1 Å². The lowest BCUT2D eigenvalue weighted by atomic mass is 9.63. The maximum atomic E-state index is 13.4. The molecular formula is C31H26N2O4. The molecule has 0 unspecified atom stereocenters. The zero-order chi connectivity index (χ0) is 25.3. The van der Waals surface area contributed by atoms with E-state index in [9.17, 15) is 14.4 Å². The summed E-state index contributed by atoms with van der Waals surface area (Å²) in [4.78, 5) is 41.2. The van der Waals surface area contributed by atoms with Crippen molar-refractivity contribution in [1.29, 1.82) is 0 Å². The number of para-hydroxylation sites is 1. The number of carbonyl (C=O) groups excluding carboxylic acids is 3. The molecule has 4 aliphatic carbocycles. The Hall–Kier alpha value is -4.19. The van der Waals surface area contributed by atoms with E-state index in [2.05, 4.69) is 17.5 Å². The van der Waals surface area contributed by atoms with Gasteiger partial charge in [-0.2, -0.15) is 0 Å². The molecule has 1 N–H and O–H groups in total. The molecule has 0 spiro atoms. The molecule has 6 nitrogen and oxygen atoms in total. The molecule has 1 heterocycles. The van der Waals surface area contributed by atoms with Crippen LogP contribution in [0.15, 0.2) is 84.9 Å². The van der Waals surface area contributed by atoms with E-state index in [1.54, 1.807) is 48.5 Å². The molecule has 0 aromatic heterocycles. The number of ether oxygens (including phenoxy) is 1. The lowest BCUT2D eigenvalue weighted by Crippen LogP contribution is -2.40. The number of hydrogen-bond acceptors (Lipinski definition) is 4. The smallest absolute Gasteiger partial charge is 0.255 e. The Morgan fingerprint density at radius 2 is 1.54 bits per heavy atom. The maximum Gasteiger partial charge on any atom is 0.255 e. The summed E-state index contributed by atoms with van der Waals surface area (Å²) in [5.41, 5.74) is 2.51. The van der Waals surface area contributed by atoms with Crippen LogP contribution in [0.1, 0.15) is 22.3 Å². The SMILES string of the molecule is Cc1ccccc1Oc1ccc(NC(=O)c2cccc(N3C(=O)[C@@H]4[C@@H]5C=C[C@H]([C@H]6C[C@H]56)[C@@H]4C3=O)c2)cc1. The van der Waals surface area contributed by atoms with E-state index < -0.39 is 0 Å². The second kappa shape index (κ2) is 8.17. The largest absolute Gasteiger partial charge is 0.457 e. The third-order valence-electron chi connectivity index (χ3n) is 8.46. The highest BCUT2D eigenvalue weighted by molar-refractivity contribution is 6.23. The average molecular weight is 491 g/mol. The van der Waals surface area contributed by atoms with Crippen molar-refractivity contribution in [2.24, 2.45) is 35.5 Å². The van der Waals surface area contributed by atoms with Crippen LogP contribution >= 0.6 is 0 Å². The number of aryl methyl sites for hydroxylation is 1. The minimum Gasteiger partial charge on any atom is -0.457 e. The predicted octanol–water partition coefficient (Wildman–Crippen LogP) is 5.60. The summed E-state index contributed by atoms with van der Waals surface area (Å²) >= 11 is 0. The molecule has 184 valence electrons. The van der Waals surface area contributed by atoms with Crippen LogP contribution in [0.2, 0.25) is 0 Å². The highest BCUT2D eigenvalue weighted by atomic mass is 16.5. The number of nitrogens with one attached hydrogen (secondary N) is 1. The molecular weight excluding hydrogens is 464 g/mol. The van der Waals surface area contributed by atoms with Gasteiger partial charge in [0.05, 0.1) is 17.5 Å². The Morgan fingerprint density at radius 3 is 2.22 bits per heavy atom. The Kier molecular flexibility index (Phi) is 4.86. The number of benzene rings is 3. The zero-order valence-electron chi connectivity index (χ0n) is 20.3. The highest BCUT2D eigenvalue weighted by Gasteiger charge is 2.67. The zero-order valence-corrected chi connectivity index (χ0v) is 20.3. The van der Waals surface area contributed by atoms with Gasteiger partial charge in [0, 0.05) is 11.3 Å². The monoisotopic (exact) mass is 490 g/mol. The molecule has 3 aromatic rings. The van der Waals surface area contributed by atoms with Gasteiger partial charge in [0.15, 0.2) is 0 Å². The highest BCUT2D eigenvalue weighted by Crippen LogP contribution is 2.65. The molecule has 3 fully saturated rings. The maximum absolute atomic E-state index is 13.4. The van der Waals surface area contributed by atoms with E-state index in [1.807, 2.05) is 31.2 Å². The van der Waals surface area contributed by atoms with Gasteiger partial charge in [0.2, 0.25) is 11.8 Å². The summed E-state index contributed by atoms with van der Waals surface area (Å²) in [6, 6.07) is 21.7. The third-order valence-corrected chi connectivity index (χ3v) is 8.46. The molecule has 37 heavy (non-hydrogen) atoms. The van der Waals surface area contributed by atoms with Crippen molar-refractivity contribution >= 4 is 29.1 Å². The van der Waals surface area contributed by atoms with Crippen molar-refractivity contribution in [3.8, 4) is 11.5 Å². The van der Waals surface area contributed by atoms with E-state index in [1.165, 1.54) is 4.90 Å². The van der Waals surface area contributed by atoms with Gasteiger partial charge in [-0.3, -0.25) is 14.4 Å². The Balaban J connectivity index is 1.07. The molecule has 5 aliphatic rings. The van der Waals surface area contributed by atoms with Crippen LogP contribution in [0.5, 0.6) is 11.5 Å². The van der Waals surface area contributed by atoms with Crippen molar-refractivity contribution in [3.63, 3.8) is 0 Å². The molecule has 3 amide bonds. The summed E-state index contributed by atoms with van der Waals surface area (Å²) < 4.78 is 5.93. The van der Waals surface area contributed by atoms with Gasteiger partial charge >= 0.3 is 0 Å². The van der Waals surface area contributed by atoms with Crippen LogP contribution in [-0.4, -0.2) is 17.7 Å². The van der Waals surface area contributed by atoms with Crippen LogP contribution in [0.4, 0.5) is 11.4 Å². The molecule has 2 bridgehead atoms. The summed E-state index contributed by atoms with van der Waals surface area (Å²) in [6.45, 7) is 1.98. The number of anilines is 2. The summed E-state index contributed by atoms with van der Waals surface area (Å²) in [5, 5.41) is 2.89. The second-order valence-electron chi connectivity index (χ2n) is 10.6. The molecule has 6 heteroatoms. The number of allylic oxidation sites excluding steroid dienone is 2. The Morgan fingerprint density at radius 1 is 0.865 bits per heavy atom. The molecule has 6 atom stereocenters. The van der Waals surface area contributed by atoms with Crippen LogP contribution in [0.25, 0.3) is 0 Å². The fourth-order valence-electron chi connectivity index (χ4n) is 6.61. The molecule has 8 rings (SSSR count). The van der Waals surface area contributed by atoms with Crippen molar-refractivity contribution < 1.29 is 19.1 Å². The van der Waals surface area contributed by atoms with E-state index in [-0.39, 0.29) is 41.4 Å². The lowest BCUT2D eigenvalue weighted by molar-refractivity contribution is -0.124. The van der Waals surface area contributed by atoms with Crippen molar-refractivity contribution in [2.75, 3.05) is 10.2 Å². The normalized spacial score (nSPS) is 28.6.